The van der Waals surface area contributed by atoms with E-state index in [-0.39, 0.29) is 29.6 Å². The number of methoxy groups -OCH3 is 1. The first kappa shape index (κ1) is 26.7. The van der Waals surface area contributed by atoms with Crippen LogP contribution in [0.5, 0.6) is 5.75 Å². The molecule has 1 saturated heterocycles. The predicted molar refractivity (Wildman–Crippen MR) is 142 cm³/mol. The molecule has 1 aliphatic heterocycles. The van der Waals surface area contributed by atoms with Gasteiger partial charge < -0.3 is 14.7 Å². The van der Waals surface area contributed by atoms with E-state index in [2.05, 4.69) is 35.7 Å². The van der Waals surface area contributed by atoms with E-state index in [9.17, 15) is 14.7 Å². The molecule has 37 heavy (non-hydrogen) atoms. The summed E-state index contributed by atoms with van der Waals surface area (Å²) in [5, 5.41) is 10.7. The highest BCUT2D eigenvalue weighted by Gasteiger charge is 2.60. The molecule has 2 aromatic heterocycles. The van der Waals surface area contributed by atoms with Gasteiger partial charge in [0.1, 0.15) is 11.3 Å². The number of ether oxygens (including phenoxy) is 1. The van der Waals surface area contributed by atoms with E-state index in [1.54, 1.807) is 54.4 Å². The number of hydrogen-bond acceptors (Lipinski definition) is 7. The second-order valence-corrected chi connectivity index (χ2v) is 12.0. The Bertz CT molecular complexity index is 1260. The third-order valence-electron chi connectivity index (χ3n) is 7.00. The molecular formula is C28H34N4O4S. The Hall–Kier alpha value is -3.33. The molecule has 3 heterocycles. The number of carbonyl (C=O) groups excluding carboxylic acids is 1. The van der Waals surface area contributed by atoms with Gasteiger partial charge in [-0.1, -0.05) is 40.7 Å². The first-order valence-electron chi connectivity index (χ1n) is 12.4. The van der Waals surface area contributed by atoms with Crippen molar-refractivity contribution in [3.8, 4) is 5.75 Å². The summed E-state index contributed by atoms with van der Waals surface area (Å²) in [5.41, 5.74) is 2.09. The number of amides is 1. The lowest BCUT2D eigenvalue weighted by molar-refractivity contribution is -0.150. The molecule has 3 atom stereocenters. The molecule has 1 amide bonds. The van der Waals surface area contributed by atoms with Gasteiger partial charge in [-0.05, 0) is 41.9 Å². The average Bonchev–Trinajstić information content (AvgIpc) is 3.49. The van der Waals surface area contributed by atoms with Crippen LogP contribution in [0.3, 0.4) is 0 Å². The quantitative estimate of drug-likeness (QED) is 0.438. The van der Waals surface area contributed by atoms with Crippen molar-refractivity contribution >= 4 is 23.2 Å². The number of hydrogen-bond donors (Lipinski definition) is 1. The topological polar surface area (TPSA) is 106 Å². The molecule has 0 saturated carbocycles. The van der Waals surface area contributed by atoms with Crippen molar-refractivity contribution in [3.05, 3.63) is 70.2 Å². The van der Waals surface area contributed by atoms with Crippen LogP contribution in [0, 0.1) is 5.92 Å². The Balaban J connectivity index is 1.93. The predicted octanol–water partition coefficient (Wildman–Crippen LogP) is 5.48. The minimum atomic E-state index is -1.43. The minimum Gasteiger partial charge on any atom is -0.496 e. The molecule has 0 unspecified atom stereocenters. The van der Waals surface area contributed by atoms with E-state index < -0.39 is 17.6 Å². The monoisotopic (exact) mass is 522 g/mol. The second kappa shape index (κ2) is 10.2. The largest absolute Gasteiger partial charge is 0.496 e. The third-order valence-corrected chi connectivity index (χ3v) is 7.85. The van der Waals surface area contributed by atoms with Crippen molar-refractivity contribution in [2.45, 2.75) is 70.4 Å². The molecule has 1 N–H and O–H groups in total. The number of aromatic nitrogens is 3. The van der Waals surface area contributed by atoms with Crippen LogP contribution in [0.4, 0.5) is 0 Å². The highest BCUT2D eigenvalue weighted by molar-refractivity contribution is 7.09. The number of rotatable bonds is 7. The SMILES string of the molecule is COc1cc(C(=O)N2[C@@H](c3cncs3)[C@@H](c3cnccn3)C[C@@]2(CC(C)C)C(=O)O)ccc1C(C)(C)C. The first-order valence-corrected chi connectivity index (χ1v) is 13.3. The minimum absolute atomic E-state index is 0.0342. The zero-order valence-electron chi connectivity index (χ0n) is 22.1. The Labute approximate surface area is 221 Å². The van der Waals surface area contributed by atoms with E-state index in [0.29, 0.717) is 23.4 Å². The molecule has 4 rings (SSSR count). The van der Waals surface area contributed by atoms with Crippen molar-refractivity contribution in [1.29, 1.82) is 0 Å². The molecule has 0 bridgehead atoms. The third kappa shape index (κ3) is 4.97. The van der Waals surface area contributed by atoms with Crippen LogP contribution in [0.25, 0.3) is 0 Å². The van der Waals surface area contributed by atoms with Gasteiger partial charge >= 0.3 is 5.97 Å². The maximum atomic E-state index is 14.4. The number of thiazole rings is 1. The summed E-state index contributed by atoms with van der Waals surface area (Å²) in [5.74, 6) is -1.10. The summed E-state index contributed by atoms with van der Waals surface area (Å²) < 4.78 is 5.67. The Kier molecular flexibility index (Phi) is 7.37. The van der Waals surface area contributed by atoms with E-state index in [1.807, 2.05) is 19.9 Å². The number of carboxylic acids is 1. The number of benzene rings is 1. The van der Waals surface area contributed by atoms with E-state index in [4.69, 9.17) is 4.74 Å². The smallest absolute Gasteiger partial charge is 0.329 e. The molecule has 0 aliphatic carbocycles. The van der Waals surface area contributed by atoms with Gasteiger partial charge in [-0.2, -0.15) is 0 Å². The Morgan fingerprint density at radius 2 is 1.97 bits per heavy atom. The van der Waals surface area contributed by atoms with Crippen LogP contribution < -0.4 is 4.74 Å². The van der Waals surface area contributed by atoms with E-state index in [1.165, 1.54) is 11.3 Å². The summed E-state index contributed by atoms with van der Waals surface area (Å²) in [4.78, 5) is 43.0. The standard InChI is InChI=1S/C28H34N4O4S/c1-17(2)12-28(26(34)35)13-19(21-14-29-9-10-31-21)24(23-15-30-16-37-23)32(28)25(33)18-7-8-20(27(3,4)5)22(11-18)36-6/h7-11,14-17,19,24H,12-13H2,1-6H3,(H,34,35)/t19-,24-,28+/m1/s1. The van der Waals surface area contributed by atoms with Crippen molar-refractivity contribution < 1.29 is 19.4 Å². The highest BCUT2D eigenvalue weighted by Crippen LogP contribution is 2.54. The number of aliphatic carboxylic acids is 1. The normalized spacial score (nSPS) is 21.9. The molecule has 8 nitrogen and oxygen atoms in total. The summed E-state index contributed by atoms with van der Waals surface area (Å²) in [7, 11) is 1.58. The van der Waals surface area contributed by atoms with E-state index in [0.717, 1.165) is 10.4 Å². The molecule has 0 radical (unpaired) electrons. The van der Waals surface area contributed by atoms with Crippen LogP contribution in [0.15, 0.2) is 48.5 Å². The summed E-state index contributed by atoms with van der Waals surface area (Å²) >= 11 is 1.41. The van der Waals surface area contributed by atoms with Crippen molar-refractivity contribution in [1.82, 2.24) is 19.9 Å². The summed E-state index contributed by atoms with van der Waals surface area (Å²) in [6, 6.07) is 4.84. The molecule has 196 valence electrons. The Morgan fingerprint density at radius 3 is 2.51 bits per heavy atom. The molecule has 0 spiro atoms. The number of nitrogens with zero attached hydrogens (tertiary/aromatic N) is 4. The van der Waals surface area contributed by atoms with Crippen LogP contribution in [-0.2, 0) is 10.2 Å². The molecule has 9 heteroatoms. The molecular weight excluding hydrogens is 488 g/mol. The van der Waals surface area contributed by atoms with Crippen molar-refractivity contribution in [3.63, 3.8) is 0 Å². The lowest BCUT2D eigenvalue weighted by atomic mass is 9.82. The van der Waals surface area contributed by atoms with Gasteiger partial charge in [-0.25, -0.2) is 4.79 Å². The van der Waals surface area contributed by atoms with Gasteiger partial charge in [-0.3, -0.25) is 19.7 Å². The van der Waals surface area contributed by atoms with Crippen LogP contribution in [-0.4, -0.2) is 49.5 Å². The van der Waals surface area contributed by atoms with Gasteiger partial charge in [0.2, 0.25) is 0 Å². The summed E-state index contributed by atoms with van der Waals surface area (Å²) in [6.07, 6.45) is 7.10. The van der Waals surface area contributed by atoms with Crippen molar-refractivity contribution in [2.75, 3.05) is 7.11 Å². The van der Waals surface area contributed by atoms with Gasteiger partial charge in [0, 0.05) is 41.1 Å². The lowest BCUT2D eigenvalue weighted by Crippen LogP contribution is -2.54. The van der Waals surface area contributed by atoms with Gasteiger partial charge in [0.05, 0.1) is 24.4 Å². The van der Waals surface area contributed by atoms with Crippen LogP contribution in [0.1, 0.15) is 85.9 Å². The van der Waals surface area contributed by atoms with Gasteiger partial charge in [-0.15, -0.1) is 11.3 Å². The van der Waals surface area contributed by atoms with Gasteiger partial charge in [0.15, 0.2) is 0 Å². The fourth-order valence-electron chi connectivity index (χ4n) is 5.52. The highest BCUT2D eigenvalue weighted by atomic mass is 32.1. The van der Waals surface area contributed by atoms with Crippen LogP contribution >= 0.6 is 11.3 Å². The zero-order valence-corrected chi connectivity index (χ0v) is 23.0. The fourth-order valence-corrected chi connectivity index (χ4v) is 6.30. The number of carboxylic acid groups (broad SMARTS) is 1. The lowest BCUT2D eigenvalue weighted by Gasteiger charge is -2.39. The zero-order chi connectivity index (χ0) is 27.0. The molecule has 3 aromatic rings. The molecule has 1 aromatic carbocycles. The number of carbonyl (C=O) groups is 2. The van der Waals surface area contributed by atoms with E-state index >= 15 is 0 Å². The van der Waals surface area contributed by atoms with Crippen LogP contribution in [0.2, 0.25) is 0 Å². The average molecular weight is 523 g/mol. The molecule has 1 fully saturated rings. The fraction of sp³-hybridized carbons (Fsp3) is 0.464. The number of likely N-dealkylation sites (tertiary alicyclic amines) is 1. The second-order valence-electron chi connectivity index (χ2n) is 11.1. The summed E-state index contributed by atoms with van der Waals surface area (Å²) in [6.45, 7) is 10.2. The Morgan fingerprint density at radius 1 is 1.22 bits per heavy atom. The maximum Gasteiger partial charge on any atom is 0.329 e. The maximum absolute atomic E-state index is 14.4. The molecule has 1 aliphatic rings. The van der Waals surface area contributed by atoms with Gasteiger partial charge in [0.25, 0.3) is 5.91 Å². The first-order chi connectivity index (χ1) is 17.5. The van der Waals surface area contributed by atoms with Crippen molar-refractivity contribution in [2.24, 2.45) is 5.92 Å².